The van der Waals surface area contributed by atoms with Crippen LogP contribution < -0.4 is 15.0 Å². The quantitative estimate of drug-likeness (QED) is 0.874. The molecule has 1 aliphatic heterocycles. The van der Waals surface area contributed by atoms with E-state index in [9.17, 15) is 0 Å². The Morgan fingerprint density at radius 1 is 1.43 bits per heavy atom. The molecule has 0 radical (unpaired) electrons. The van der Waals surface area contributed by atoms with Crippen LogP contribution in [0.5, 0.6) is 5.75 Å². The second kappa shape index (κ2) is 7.66. The van der Waals surface area contributed by atoms with Crippen LogP contribution in [-0.4, -0.2) is 39.5 Å². The van der Waals surface area contributed by atoms with Crippen molar-refractivity contribution in [3.8, 4) is 5.75 Å². The molecule has 0 aliphatic carbocycles. The summed E-state index contributed by atoms with van der Waals surface area (Å²) in [6, 6.07) is 7.05. The Balaban J connectivity index is 2.41. The second-order valence-electron chi connectivity index (χ2n) is 5.50. The standard InChI is InChI=1S/C17H28N2O2/c1-5-14-12-21-11-10-19(14)15-8-7-9-16(20-4)17(15)13(3)18-6-2/h7-9,13-14,18H,5-6,10-12H2,1-4H3. The van der Waals surface area contributed by atoms with Crippen LogP contribution >= 0.6 is 0 Å². The van der Waals surface area contributed by atoms with Crippen molar-refractivity contribution in [3.05, 3.63) is 23.8 Å². The third-order valence-electron chi connectivity index (χ3n) is 4.21. The summed E-state index contributed by atoms with van der Waals surface area (Å²) in [6.07, 6.45) is 1.09. The highest BCUT2D eigenvalue weighted by molar-refractivity contribution is 5.61. The maximum Gasteiger partial charge on any atom is 0.125 e. The Bertz CT molecular complexity index is 450. The minimum atomic E-state index is 0.265. The van der Waals surface area contributed by atoms with E-state index < -0.39 is 0 Å². The van der Waals surface area contributed by atoms with Crippen LogP contribution in [0.3, 0.4) is 0 Å². The third-order valence-corrected chi connectivity index (χ3v) is 4.21. The third kappa shape index (κ3) is 3.50. The topological polar surface area (TPSA) is 33.7 Å². The molecule has 0 aromatic heterocycles. The van der Waals surface area contributed by atoms with Crippen molar-refractivity contribution in [2.75, 3.05) is 38.3 Å². The maximum atomic E-state index is 5.64. The largest absolute Gasteiger partial charge is 0.496 e. The minimum absolute atomic E-state index is 0.265. The highest BCUT2D eigenvalue weighted by Gasteiger charge is 2.26. The normalized spacial score (nSPS) is 20.4. The number of rotatable bonds is 6. The molecular weight excluding hydrogens is 264 g/mol. The van der Waals surface area contributed by atoms with Crippen molar-refractivity contribution in [2.24, 2.45) is 0 Å². The summed E-state index contributed by atoms with van der Waals surface area (Å²) in [6.45, 7) is 10.0. The first-order valence-electron chi connectivity index (χ1n) is 7.97. The number of hydrogen-bond acceptors (Lipinski definition) is 4. The van der Waals surface area contributed by atoms with Crippen LogP contribution in [0.2, 0.25) is 0 Å². The van der Waals surface area contributed by atoms with Gasteiger partial charge in [0.2, 0.25) is 0 Å². The van der Waals surface area contributed by atoms with Crippen molar-refractivity contribution in [3.63, 3.8) is 0 Å². The van der Waals surface area contributed by atoms with Gasteiger partial charge in [-0.05, 0) is 32.0 Å². The van der Waals surface area contributed by atoms with Crippen molar-refractivity contribution in [2.45, 2.75) is 39.3 Å². The van der Waals surface area contributed by atoms with Gasteiger partial charge in [0.25, 0.3) is 0 Å². The van der Waals surface area contributed by atoms with E-state index in [2.05, 4.69) is 43.1 Å². The summed E-state index contributed by atoms with van der Waals surface area (Å²) in [5.74, 6) is 0.960. The number of hydrogen-bond donors (Lipinski definition) is 1. The number of ether oxygens (including phenoxy) is 2. The summed E-state index contributed by atoms with van der Waals surface area (Å²) in [5.41, 5.74) is 2.53. The molecule has 1 aliphatic rings. The van der Waals surface area contributed by atoms with Gasteiger partial charge in [0.05, 0.1) is 26.4 Å². The van der Waals surface area contributed by atoms with E-state index in [1.807, 2.05) is 6.07 Å². The van der Waals surface area contributed by atoms with Gasteiger partial charge in [-0.2, -0.15) is 0 Å². The Labute approximate surface area is 128 Å². The van der Waals surface area contributed by atoms with Crippen LogP contribution in [-0.2, 0) is 4.74 Å². The molecular formula is C17H28N2O2. The van der Waals surface area contributed by atoms with E-state index in [0.717, 1.165) is 38.5 Å². The molecule has 1 fully saturated rings. The van der Waals surface area contributed by atoms with Gasteiger partial charge < -0.3 is 19.7 Å². The number of benzene rings is 1. The molecule has 1 aromatic rings. The molecule has 1 saturated heterocycles. The SMILES string of the molecule is CCNC(C)c1c(OC)cccc1N1CCOCC1CC. The molecule has 2 atom stereocenters. The fourth-order valence-electron chi connectivity index (χ4n) is 3.11. The van der Waals surface area contributed by atoms with Crippen LogP contribution in [0.25, 0.3) is 0 Å². The minimum Gasteiger partial charge on any atom is -0.496 e. The van der Waals surface area contributed by atoms with E-state index in [1.165, 1.54) is 11.3 Å². The first-order valence-corrected chi connectivity index (χ1v) is 7.97. The van der Waals surface area contributed by atoms with Crippen molar-refractivity contribution in [1.29, 1.82) is 0 Å². The summed E-state index contributed by atoms with van der Waals surface area (Å²) >= 11 is 0. The Morgan fingerprint density at radius 3 is 2.90 bits per heavy atom. The lowest BCUT2D eigenvalue weighted by atomic mass is 10.0. The van der Waals surface area contributed by atoms with E-state index in [-0.39, 0.29) is 6.04 Å². The lowest BCUT2D eigenvalue weighted by Crippen LogP contribution is -2.46. The number of anilines is 1. The van der Waals surface area contributed by atoms with Gasteiger partial charge >= 0.3 is 0 Å². The molecule has 0 spiro atoms. The van der Waals surface area contributed by atoms with Gasteiger partial charge in [0.1, 0.15) is 5.75 Å². The molecule has 1 heterocycles. The lowest BCUT2D eigenvalue weighted by Gasteiger charge is -2.39. The molecule has 4 heteroatoms. The van der Waals surface area contributed by atoms with Crippen molar-refractivity contribution >= 4 is 5.69 Å². The average Bonchev–Trinajstić information content (AvgIpc) is 2.54. The van der Waals surface area contributed by atoms with Crippen molar-refractivity contribution < 1.29 is 9.47 Å². The number of methoxy groups -OCH3 is 1. The Morgan fingerprint density at radius 2 is 2.24 bits per heavy atom. The van der Waals surface area contributed by atoms with Gasteiger partial charge in [0.15, 0.2) is 0 Å². The predicted octanol–water partition coefficient (Wildman–Crippen LogP) is 2.98. The number of nitrogens with one attached hydrogen (secondary N) is 1. The van der Waals surface area contributed by atoms with Crippen molar-refractivity contribution in [1.82, 2.24) is 5.32 Å². The zero-order valence-corrected chi connectivity index (χ0v) is 13.7. The molecule has 21 heavy (non-hydrogen) atoms. The molecule has 2 rings (SSSR count). The molecule has 2 unspecified atom stereocenters. The smallest absolute Gasteiger partial charge is 0.125 e. The molecule has 1 aromatic carbocycles. The van der Waals surface area contributed by atoms with Gasteiger partial charge in [0, 0.05) is 23.8 Å². The Kier molecular flexibility index (Phi) is 5.88. The highest BCUT2D eigenvalue weighted by Crippen LogP contribution is 2.36. The zero-order chi connectivity index (χ0) is 15.2. The molecule has 0 bridgehead atoms. The summed E-state index contributed by atoms with van der Waals surface area (Å²) in [4.78, 5) is 2.48. The summed E-state index contributed by atoms with van der Waals surface area (Å²) in [5, 5.41) is 3.51. The number of nitrogens with zero attached hydrogens (tertiary/aromatic N) is 1. The van der Waals surface area contributed by atoms with Gasteiger partial charge in [-0.25, -0.2) is 0 Å². The highest BCUT2D eigenvalue weighted by atomic mass is 16.5. The maximum absolute atomic E-state index is 5.64. The lowest BCUT2D eigenvalue weighted by molar-refractivity contribution is 0.0928. The fraction of sp³-hybridized carbons (Fsp3) is 0.647. The van der Waals surface area contributed by atoms with E-state index in [0.29, 0.717) is 6.04 Å². The van der Waals surface area contributed by atoms with Gasteiger partial charge in [-0.1, -0.05) is 19.9 Å². The first kappa shape index (κ1) is 16.1. The molecule has 0 saturated carbocycles. The molecule has 1 N–H and O–H groups in total. The predicted molar refractivity (Wildman–Crippen MR) is 87.3 cm³/mol. The fourth-order valence-corrected chi connectivity index (χ4v) is 3.11. The average molecular weight is 292 g/mol. The van der Waals surface area contributed by atoms with Crippen LogP contribution in [0, 0.1) is 0 Å². The second-order valence-corrected chi connectivity index (χ2v) is 5.50. The van der Waals surface area contributed by atoms with Crippen LogP contribution in [0.1, 0.15) is 38.8 Å². The van der Waals surface area contributed by atoms with Gasteiger partial charge in [-0.15, -0.1) is 0 Å². The van der Waals surface area contributed by atoms with E-state index in [4.69, 9.17) is 9.47 Å². The van der Waals surface area contributed by atoms with Crippen LogP contribution in [0.15, 0.2) is 18.2 Å². The van der Waals surface area contributed by atoms with Gasteiger partial charge in [-0.3, -0.25) is 0 Å². The summed E-state index contributed by atoms with van der Waals surface area (Å²) in [7, 11) is 1.75. The molecule has 118 valence electrons. The number of morpholine rings is 1. The van der Waals surface area contributed by atoms with E-state index in [1.54, 1.807) is 7.11 Å². The Hall–Kier alpha value is -1.26. The van der Waals surface area contributed by atoms with E-state index >= 15 is 0 Å². The molecule has 4 nitrogen and oxygen atoms in total. The first-order chi connectivity index (χ1) is 10.2. The molecule has 0 amide bonds. The van der Waals surface area contributed by atoms with Crippen LogP contribution in [0.4, 0.5) is 5.69 Å². The monoisotopic (exact) mass is 292 g/mol. The zero-order valence-electron chi connectivity index (χ0n) is 13.7. The summed E-state index contributed by atoms with van der Waals surface area (Å²) < 4.78 is 11.3.